The third-order valence-corrected chi connectivity index (χ3v) is 2.22. The molecule has 5 N–H and O–H groups in total. The molecule has 0 bridgehead atoms. The quantitative estimate of drug-likeness (QED) is 0.689. The van der Waals surface area contributed by atoms with Crippen molar-refractivity contribution in [3.8, 4) is 11.3 Å². The van der Waals surface area contributed by atoms with E-state index in [1.54, 1.807) is 6.20 Å². The monoisotopic (exact) mass is 260 g/mol. The molecule has 4 nitrogen and oxygen atoms in total. The molecular weight excluding hydrogens is 247 g/mol. The number of aromatic amines is 1. The van der Waals surface area contributed by atoms with Crippen LogP contribution >= 0.6 is 24.8 Å². The average Bonchev–Trinajstić information content (AvgIpc) is 2.66. The van der Waals surface area contributed by atoms with Gasteiger partial charge in [-0.25, -0.2) is 0 Å². The zero-order valence-corrected chi connectivity index (χ0v) is 10.4. The summed E-state index contributed by atoms with van der Waals surface area (Å²) < 4.78 is 0. The van der Waals surface area contributed by atoms with Gasteiger partial charge in [-0.15, -0.1) is 24.8 Å². The van der Waals surface area contributed by atoms with Crippen LogP contribution in [0.3, 0.4) is 0 Å². The van der Waals surface area contributed by atoms with Gasteiger partial charge in [-0.3, -0.25) is 5.10 Å². The van der Waals surface area contributed by atoms with Crippen LogP contribution in [-0.2, 0) is 0 Å². The van der Waals surface area contributed by atoms with Gasteiger partial charge in [-0.05, 0) is 30.7 Å². The molecule has 1 aromatic carbocycles. The molecule has 0 aliphatic rings. The number of hydrogen-bond acceptors (Lipinski definition) is 3. The van der Waals surface area contributed by atoms with Crippen molar-refractivity contribution >= 4 is 36.2 Å². The Morgan fingerprint density at radius 1 is 1.19 bits per heavy atom. The lowest BCUT2D eigenvalue weighted by atomic mass is 10.1. The second-order valence-corrected chi connectivity index (χ2v) is 3.26. The first-order valence-corrected chi connectivity index (χ1v) is 4.34. The van der Waals surface area contributed by atoms with Gasteiger partial charge in [0, 0.05) is 11.8 Å². The molecule has 2 aromatic rings. The van der Waals surface area contributed by atoms with Gasteiger partial charge >= 0.3 is 0 Å². The zero-order valence-electron chi connectivity index (χ0n) is 8.73. The highest BCUT2D eigenvalue weighted by Gasteiger charge is 2.05. The van der Waals surface area contributed by atoms with Crippen LogP contribution in [0.2, 0.25) is 0 Å². The summed E-state index contributed by atoms with van der Waals surface area (Å²) in [6, 6.07) is 5.70. The van der Waals surface area contributed by atoms with Gasteiger partial charge in [-0.1, -0.05) is 0 Å². The molecule has 0 fully saturated rings. The molecule has 6 heteroatoms. The molecule has 0 atom stereocenters. The molecule has 88 valence electrons. The van der Waals surface area contributed by atoms with E-state index in [2.05, 4.69) is 10.2 Å². The average molecular weight is 261 g/mol. The van der Waals surface area contributed by atoms with Crippen molar-refractivity contribution in [1.29, 1.82) is 0 Å². The molecule has 0 unspecified atom stereocenters. The van der Waals surface area contributed by atoms with E-state index in [1.807, 2.05) is 25.1 Å². The molecule has 0 saturated heterocycles. The van der Waals surface area contributed by atoms with Gasteiger partial charge in [0.1, 0.15) is 0 Å². The summed E-state index contributed by atoms with van der Waals surface area (Å²) >= 11 is 0. The fraction of sp³-hybridized carbons (Fsp3) is 0.100. The van der Waals surface area contributed by atoms with Crippen molar-refractivity contribution in [2.24, 2.45) is 0 Å². The molecule has 16 heavy (non-hydrogen) atoms. The number of aromatic nitrogens is 2. The van der Waals surface area contributed by atoms with Crippen molar-refractivity contribution in [2.45, 2.75) is 6.92 Å². The first kappa shape index (κ1) is 14.6. The van der Waals surface area contributed by atoms with Crippen LogP contribution in [0.4, 0.5) is 11.4 Å². The Kier molecular flexibility index (Phi) is 5.14. The highest BCUT2D eigenvalue weighted by molar-refractivity contribution is 5.85. The number of rotatable bonds is 1. The van der Waals surface area contributed by atoms with E-state index in [0.717, 1.165) is 16.8 Å². The molecule has 0 aliphatic heterocycles. The number of nitrogens with zero attached hydrogens (tertiary/aromatic N) is 1. The minimum Gasteiger partial charge on any atom is -0.397 e. The minimum absolute atomic E-state index is 0. The van der Waals surface area contributed by atoms with Crippen molar-refractivity contribution in [1.82, 2.24) is 10.2 Å². The largest absolute Gasteiger partial charge is 0.397 e. The van der Waals surface area contributed by atoms with Crippen LogP contribution in [0, 0.1) is 6.92 Å². The third kappa shape index (κ3) is 2.59. The highest BCUT2D eigenvalue weighted by Crippen LogP contribution is 2.26. The lowest BCUT2D eigenvalue weighted by Crippen LogP contribution is -1.97. The molecule has 1 heterocycles. The van der Waals surface area contributed by atoms with Crippen LogP contribution in [0.25, 0.3) is 11.3 Å². The number of halogens is 2. The molecule has 0 amide bonds. The number of nitrogens with two attached hydrogens (primary N) is 2. The summed E-state index contributed by atoms with van der Waals surface area (Å²) in [5.74, 6) is 0. The molecule has 2 rings (SSSR count). The van der Waals surface area contributed by atoms with Gasteiger partial charge < -0.3 is 11.5 Å². The Bertz CT molecular complexity index is 431. The topological polar surface area (TPSA) is 80.7 Å². The Morgan fingerprint density at radius 3 is 2.38 bits per heavy atom. The van der Waals surface area contributed by atoms with E-state index < -0.39 is 0 Å². The molecule has 1 aromatic heterocycles. The van der Waals surface area contributed by atoms with Gasteiger partial charge in [0.2, 0.25) is 0 Å². The summed E-state index contributed by atoms with van der Waals surface area (Å²) in [6.45, 7) is 1.93. The fourth-order valence-corrected chi connectivity index (χ4v) is 1.39. The molecule has 0 spiro atoms. The summed E-state index contributed by atoms with van der Waals surface area (Å²) in [5, 5.41) is 6.84. The number of aryl methyl sites for hydroxylation is 1. The first-order valence-electron chi connectivity index (χ1n) is 4.34. The second kappa shape index (κ2) is 5.63. The minimum atomic E-state index is 0. The Balaban J connectivity index is 0.00000112. The number of benzene rings is 1. The van der Waals surface area contributed by atoms with E-state index in [-0.39, 0.29) is 24.8 Å². The SMILES string of the molecule is Cc1cc(-c2cc[nH]n2)cc(N)c1N.Cl.Cl. The van der Waals surface area contributed by atoms with Crippen LogP contribution in [0.1, 0.15) is 5.56 Å². The van der Waals surface area contributed by atoms with E-state index in [1.165, 1.54) is 0 Å². The Hall–Kier alpha value is -1.39. The maximum absolute atomic E-state index is 5.76. The molecule has 0 saturated carbocycles. The Labute approximate surface area is 106 Å². The maximum atomic E-state index is 5.76. The van der Waals surface area contributed by atoms with E-state index in [0.29, 0.717) is 11.4 Å². The maximum Gasteiger partial charge on any atom is 0.0921 e. The standard InChI is InChI=1S/C10H12N4.2ClH/c1-6-4-7(5-8(11)10(6)12)9-2-3-13-14-9;;/h2-5H,11-12H2,1H3,(H,13,14);2*1H. The van der Waals surface area contributed by atoms with E-state index in [4.69, 9.17) is 11.5 Å². The molecule has 0 aliphatic carbocycles. The lowest BCUT2D eigenvalue weighted by molar-refractivity contribution is 1.09. The third-order valence-electron chi connectivity index (χ3n) is 2.22. The highest BCUT2D eigenvalue weighted by atomic mass is 35.5. The smallest absolute Gasteiger partial charge is 0.0921 e. The number of anilines is 2. The molecule has 0 radical (unpaired) electrons. The van der Waals surface area contributed by atoms with E-state index >= 15 is 0 Å². The number of H-pyrrole nitrogens is 1. The fourth-order valence-electron chi connectivity index (χ4n) is 1.39. The van der Waals surface area contributed by atoms with Crippen molar-refractivity contribution in [3.05, 3.63) is 30.0 Å². The lowest BCUT2D eigenvalue weighted by Gasteiger charge is -2.06. The predicted molar refractivity (Wildman–Crippen MR) is 72.1 cm³/mol. The number of hydrogen-bond donors (Lipinski definition) is 3. The van der Waals surface area contributed by atoms with Crippen LogP contribution in [0.5, 0.6) is 0 Å². The number of nitrogen functional groups attached to an aromatic ring is 2. The van der Waals surface area contributed by atoms with Crippen LogP contribution < -0.4 is 11.5 Å². The second-order valence-electron chi connectivity index (χ2n) is 3.26. The first-order chi connectivity index (χ1) is 6.68. The van der Waals surface area contributed by atoms with Crippen molar-refractivity contribution in [2.75, 3.05) is 11.5 Å². The van der Waals surface area contributed by atoms with Crippen molar-refractivity contribution in [3.63, 3.8) is 0 Å². The van der Waals surface area contributed by atoms with Gasteiger partial charge in [-0.2, -0.15) is 5.10 Å². The van der Waals surface area contributed by atoms with Gasteiger partial charge in [0.25, 0.3) is 0 Å². The molecular formula is C10H14Cl2N4. The van der Waals surface area contributed by atoms with Gasteiger partial charge in [0.15, 0.2) is 0 Å². The summed E-state index contributed by atoms with van der Waals surface area (Å²) in [5.41, 5.74) is 15.6. The van der Waals surface area contributed by atoms with Crippen LogP contribution in [0.15, 0.2) is 24.4 Å². The normalized spacial score (nSPS) is 9.06. The Morgan fingerprint density at radius 2 is 1.88 bits per heavy atom. The van der Waals surface area contributed by atoms with Crippen molar-refractivity contribution < 1.29 is 0 Å². The summed E-state index contributed by atoms with van der Waals surface area (Å²) in [6.07, 6.45) is 1.78. The van der Waals surface area contributed by atoms with Crippen LogP contribution in [-0.4, -0.2) is 10.2 Å². The summed E-state index contributed by atoms with van der Waals surface area (Å²) in [7, 11) is 0. The summed E-state index contributed by atoms with van der Waals surface area (Å²) in [4.78, 5) is 0. The van der Waals surface area contributed by atoms with E-state index in [9.17, 15) is 0 Å². The zero-order chi connectivity index (χ0) is 10.1. The van der Waals surface area contributed by atoms with Gasteiger partial charge in [0.05, 0.1) is 17.1 Å². The number of nitrogens with one attached hydrogen (secondary N) is 1. The predicted octanol–water partition coefficient (Wildman–Crippen LogP) is 2.39.